The van der Waals surface area contributed by atoms with Gasteiger partial charge in [-0.3, -0.25) is 0 Å². The molecule has 0 heterocycles. The lowest BCUT2D eigenvalue weighted by Gasteiger charge is -2.22. The van der Waals surface area contributed by atoms with Gasteiger partial charge in [0.15, 0.2) is 0 Å². The Kier molecular flexibility index (Phi) is 3.31. The first-order chi connectivity index (χ1) is 7.97. The van der Waals surface area contributed by atoms with Gasteiger partial charge in [0.1, 0.15) is 5.82 Å². The van der Waals surface area contributed by atoms with E-state index >= 15 is 0 Å². The largest absolute Gasteiger partial charge is 0.513 e. The summed E-state index contributed by atoms with van der Waals surface area (Å²) in [6, 6.07) is 2.38. The molecule has 94 valence electrons. The second kappa shape index (κ2) is 4.59. The third kappa shape index (κ3) is 2.93. The van der Waals surface area contributed by atoms with Gasteiger partial charge in [0, 0.05) is 6.07 Å². The number of rotatable bonds is 3. The fraction of sp³-hybridized carbons (Fsp3) is 0.455. The summed E-state index contributed by atoms with van der Waals surface area (Å²) >= 11 is 0. The molecule has 1 aliphatic rings. The van der Waals surface area contributed by atoms with E-state index in [2.05, 4.69) is 0 Å². The zero-order valence-corrected chi connectivity index (χ0v) is 9.14. The lowest BCUT2D eigenvalue weighted by atomic mass is 9.79. The van der Waals surface area contributed by atoms with Gasteiger partial charge in [-0.1, -0.05) is 11.5 Å². The monoisotopic (exact) mass is 247 g/mol. The Hall–Kier alpha value is -1.20. The van der Waals surface area contributed by atoms with E-state index in [4.69, 9.17) is 4.74 Å². The quantitative estimate of drug-likeness (QED) is 0.588. The summed E-state index contributed by atoms with van der Waals surface area (Å²) in [6.07, 6.45) is 3.16. The Morgan fingerprint density at radius 2 is 1.76 bits per heavy atom. The van der Waals surface area contributed by atoms with Crippen molar-refractivity contribution in [2.45, 2.75) is 31.8 Å². The van der Waals surface area contributed by atoms with Crippen LogP contribution in [0.2, 0.25) is 0 Å². The summed E-state index contributed by atoms with van der Waals surface area (Å²) in [5.41, 5.74) is -0.849. The maximum absolute atomic E-state index is 13.0. The molecule has 1 saturated carbocycles. The van der Waals surface area contributed by atoms with Gasteiger partial charge in [-0.2, -0.15) is 0 Å². The van der Waals surface area contributed by atoms with Crippen LogP contribution in [0.1, 0.15) is 25.7 Å². The van der Waals surface area contributed by atoms with E-state index in [0.29, 0.717) is 0 Å². The maximum atomic E-state index is 13.0. The molecule has 2 rings (SSSR count). The van der Waals surface area contributed by atoms with Crippen molar-refractivity contribution in [3.05, 3.63) is 24.0 Å². The van der Waals surface area contributed by atoms with Crippen molar-refractivity contribution in [2.24, 2.45) is 0 Å². The highest BCUT2D eigenvalue weighted by atomic mass is 19.4. The Labute approximate surface area is 96.8 Å². The lowest BCUT2D eigenvalue weighted by molar-refractivity contribution is 0.210. The van der Waals surface area contributed by atoms with Gasteiger partial charge in [-0.15, -0.1) is 0 Å². The van der Waals surface area contributed by atoms with Crippen LogP contribution in [0.3, 0.4) is 0 Å². The molecule has 0 radical (unpaired) electrons. The number of hydrogen-bond acceptors (Lipinski definition) is 1. The Balaban J connectivity index is 2.26. The number of benzene rings is 1. The molecule has 0 saturated heterocycles. The summed E-state index contributed by atoms with van der Waals surface area (Å²) in [5.74, 6) is -1.08. The van der Waals surface area contributed by atoms with Crippen LogP contribution in [0, 0.1) is 5.82 Å². The second-order valence-electron chi connectivity index (χ2n) is 4.28. The van der Waals surface area contributed by atoms with Crippen molar-refractivity contribution < 1.29 is 22.1 Å². The van der Waals surface area contributed by atoms with Crippen LogP contribution >= 0.6 is 0 Å². The minimum absolute atomic E-state index is 0.214. The van der Waals surface area contributed by atoms with Crippen LogP contribution in [-0.4, -0.2) is 13.1 Å². The van der Waals surface area contributed by atoms with E-state index in [1.54, 1.807) is 0 Å². The van der Waals surface area contributed by atoms with E-state index < -0.39 is 18.3 Å². The third-order valence-corrected chi connectivity index (χ3v) is 2.92. The molecular formula is C11H12BF4O-. The molecule has 1 nitrogen and oxygen atoms in total. The molecule has 1 aromatic rings. The average Bonchev–Trinajstić information content (AvgIpc) is 2.68. The Bertz CT molecular complexity index is 399. The van der Waals surface area contributed by atoms with Gasteiger partial charge in [-0.05, 0) is 31.7 Å². The van der Waals surface area contributed by atoms with Gasteiger partial charge in [0.25, 0.3) is 0 Å². The zero-order valence-electron chi connectivity index (χ0n) is 9.14. The molecule has 1 fully saturated rings. The molecule has 0 aliphatic heterocycles. The molecule has 0 bridgehead atoms. The summed E-state index contributed by atoms with van der Waals surface area (Å²) < 4.78 is 56.4. The topological polar surface area (TPSA) is 9.23 Å². The molecule has 0 N–H and O–H groups in total. The number of ether oxygens (including phenoxy) is 1. The molecule has 6 heteroatoms. The van der Waals surface area contributed by atoms with Gasteiger partial charge in [-0.25, -0.2) is 4.39 Å². The molecular weight excluding hydrogens is 235 g/mol. The fourth-order valence-corrected chi connectivity index (χ4v) is 2.07. The average molecular weight is 247 g/mol. The minimum Gasteiger partial charge on any atom is -0.493 e. The minimum atomic E-state index is -5.17. The molecule has 0 unspecified atom stereocenters. The van der Waals surface area contributed by atoms with E-state index in [-0.39, 0.29) is 11.9 Å². The zero-order chi connectivity index (χ0) is 12.5. The Morgan fingerprint density at radius 3 is 2.35 bits per heavy atom. The molecule has 0 spiro atoms. The van der Waals surface area contributed by atoms with Crippen molar-refractivity contribution in [3.8, 4) is 5.75 Å². The summed E-state index contributed by atoms with van der Waals surface area (Å²) in [4.78, 5) is 0. The molecule has 0 amide bonds. The summed E-state index contributed by atoms with van der Waals surface area (Å²) in [7, 11) is 0. The van der Waals surface area contributed by atoms with Crippen molar-refractivity contribution in [1.29, 1.82) is 0 Å². The molecule has 1 aliphatic carbocycles. The van der Waals surface area contributed by atoms with E-state index in [1.807, 2.05) is 0 Å². The molecule has 17 heavy (non-hydrogen) atoms. The van der Waals surface area contributed by atoms with Crippen LogP contribution in [0.25, 0.3) is 0 Å². The first kappa shape index (κ1) is 12.3. The van der Waals surface area contributed by atoms with E-state index in [9.17, 15) is 17.3 Å². The summed E-state index contributed by atoms with van der Waals surface area (Å²) in [6.45, 7) is -5.17. The Morgan fingerprint density at radius 1 is 1.12 bits per heavy atom. The van der Waals surface area contributed by atoms with Crippen molar-refractivity contribution in [3.63, 3.8) is 0 Å². The third-order valence-electron chi connectivity index (χ3n) is 2.92. The normalized spacial score (nSPS) is 17.4. The van der Waals surface area contributed by atoms with Crippen LogP contribution < -0.4 is 10.2 Å². The van der Waals surface area contributed by atoms with Crippen LogP contribution in [0.4, 0.5) is 17.3 Å². The van der Waals surface area contributed by atoms with Crippen molar-refractivity contribution in [2.75, 3.05) is 0 Å². The number of hydrogen-bond donors (Lipinski definition) is 0. The fourth-order valence-electron chi connectivity index (χ4n) is 2.07. The highest BCUT2D eigenvalue weighted by molar-refractivity contribution is 6.74. The van der Waals surface area contributed by atoms with Crippen molar-refractivity contribution in [1.82, 2.24) is 0 Å². The van der Waals surface area contributed by atoms with Gasteiger partial charge >= 0.3 is 6.98 Å². The first-order valence-corrected chi connectivity index (χ1v) is 5.63. The smallest absolute Gasteiger partial charge is 0.493 e. The highest BCUT2D eigenvalue weighted by Crippen LogP contribution is 2.26. The predicted octanol–water partition coefficient (Wildman–Crippen LogP) is 3.20. The van der Waals surface area contributed by atoms with Crippen LogP contribution in [0.5, 0.6) is 5.75 Å². The van der Waals surface area contributed by atoms with Gasteiger partial charge in [0.2, 0.25) is 0 Å². The predicted molar refractivity (Wildman–Crippen MR) is 58.0 cm³/mol. The van der Waals surface area contributed by atoms with Gasteiger partial charge in [0.05, 0.1) is 11.9 Å². The molecule has 0 atom stereocenters. The van der Waals surface area contributed by atoms with Gasteiger partial charge < -0.3 is 17.7 Å². The maximum Gasteiger partial charge on any atom is 0.513 e. The molecule has 0 aromatic heterocycles. The molecule has 1 aromatic carbocycles. The highest BCUT2D eigenvalue weighted by Gasteiger charge is 2.30. The lowest BCUT2D eigenvalue weighted by Crippen LogP contribution is -2.36. The van der Waals surface area contributed by atoms with E-state index in [1.165, 1.54) is 0 Å². The SMILES string of the molecule is Fc1ccc([B-](F)(F)F)c(OC2CCCC2)c1. The van der Waals surface area contributed by atoms with Crippen molar-refractivity contribution >= 4 is 12.4 Å². The number of halogens is 4. The first-order valence-electron chi connectivity index (χ1n) is 5.63. The summed E-state index contributed by atoms with van der Waals surface area (Å²) in [5, 5.41) is 0. The van der Waals surface area contributed by atoms with Crippen LogP contribution in [0.15, 0.2) is 18.2 Å². The van der Waals surface area contributed by atoms with E-state index in [0.717, 1.165) is 43.9 Å². The second-order valence-corrected chi connectivity index (χ2v) is 4.28. The standard InChI is InChI=1S/C11H12BF4O/c13-8-5-6-10(12(14,15)16)11(7-8)17-9-3-1-2-4-9/h5-7,9H,1-4H2/q-1. The van der Waals surface area contributed by atoms with Crippen LogP contribution in [-0.2, 0) is 0 Å².